The Labute approximate surface area is 258 Å². The van der Waals surface area contributed by atoms with Gasteiger partial charge in [0.2, 0.25) is 22.6 Å². The second-order valence-electron chi connectivity index (χ2n) is 11.2. The fourth-order valence-electron chi connectivity index (χ4n) is 4.40. The zero-order valence-electron chi connectivity index (χ0n) is 24.1. The van der Waals surface area contributed by atoms with Crippen LogP contribution >= 0.6 is 23.3 Å². The van der Waals surface area contributed by atoms with E-state index in [1.807, 2.05) is 14.1 Å². The fraction of sp³-hybridized carbons (Fsp3) is 0.440. The Morgan fingerprint density at radius 1 is 1.30 bits per heavy atom. The number of thioether (sulfide) groups is 1. The number of aromatic nitrogens is 3. The molecule has 7 N–H and O–H groups in total. The van der Waals surface area contributed by atoms with E-state index in [1.54, 1.807) is 0 Å². The maximum absolute atomic E-state index is 13.2. The molecule has 236 valence electrons. The highest BCUT2D eigenvalue weighted by molar-refractivity contribution is 8.00. The maximum Gasteiger partial charge on any atom is 0.352 e. The van der Waals surface area contributed by atoms with Crippen LogP contribution in [0.4, 0.5) is 5.13 Å². The second kappa shape index (κ2) is 12.2. The first-order valence-electron chi connectivity index (χ1n) is 13.0. The van der Waals surface area contributed by atoms with E-state index >= 15 is 0 Å². The highest BCUT2D eigenvalue weighted by Gasteiger charge is 2.55. The van der Waals surface area contributed by atoms with Crippen LogP contribution in [0.2, 0.25) is 0 Å². The number of β-lactam (4-membered cyclic amide) rings is 1. The van der Waals surface area contributed by atoms with Gasteiger partial charge in [0.15, 0.2) is 10.9 Å². The lowest BCUT2D eigenvalue weighted by atomic mass is 10.0. The first-order chi connectivity index (χ1) is 20.5. The van der Waals surface area contributed by atoms with E-state index in [4.69, 9.17) is 10.6 Å². The summed E-state index contributed by atoms with van der Waals surface area (Å²) < 4.78 is 4.26. The standard InChI is InChI=1S/C25H30N8O9S2/c1-25(2,23(40)41)42-30-15(18-29-24(26)44-31-18)19(36)28-16-20(37)32-17(22(38)39)11(10-43-21(16)32)9-33(3,4)6-5-12-7-13(34)14(35)8-27-12/h7-8,16,21H,5-6,9-10H2,1-4H3,(H6-,26,27,28,29,30,31,34,35,36,38,39,40,41)/p+1/t16-,21-/m1/s1. The van der Waals surface area contributed by atoms with E-state index < -0.39 is 51.9 Å². The van der Waals surface area contributed by atoms with Crippen LogP contribution in [0, 0.1) is 0 Å². The molecule has 4 heterocycles. The van der Waals surface area contributed by atoms with Crippen molar-refractivity contribution in [1.29, 1.82) is 0 Å². The molecule has 0 aliphatic carbocycles. The predicted molar refractivity (Wildman–Crippen MR) is 158 cm³/mol. The minimum Gasteiger partial charge on any atom is -0.503 e. The fourth-order valence-corrected chi connectivity index (χ4v) is 6.17. The average Bonchev–Trinajstić information content (AvgIpc) is 3.37. The Balaban J connectivity index is 1.50. The number of rotatable bonds is 12. The van der Waals surface area contributed by atoms with E-state index in [0.29, 0.717) is 28.7 Å². The summed E-state index contributed by atoms with van der Waals surface area (Å²) in [4.78, 5) is 75.0. The van der Waals surface area contributed by atoms with Crippen molar-refractivity contribution in [3.8, 4) is 5.75 Å². The van der Waals surface area contributed by atoms with Crippen LogP contribution < -0.4 is 16.5 Å². The molecule has 2 aliphatic rings. The van der Waals surface area contributed by atoms with Gasteiger partial charge in [0, 0.05) is 47.2 Å². The number of aromatic amines is 1. The quantitative estimate of drug-likeness (QED) is 0.0709. The van der Waals surface area contributed by atoms with Crippen LogP contribution in [-0.4, -0.2) is 118 Å². The Kier molecular flexibility index (Phi) is 9.03. The number of aromatic hydroxyl groups is 1. The van der Waals surface area contributed by atoms with E-state index in [-0.39, 0.29) is 34.7 Å². The molecular weight excluding hydrogens is 620 g/mol. The molecule has 19 heteroatoms. The van der Waals surface area contributed by atoms with Gasteiger partial charge in [0.05, 0.1) is 20.6 Å². The number of hydrogen-bond donors (Lipinski definition) is 6. The van der Waals surface area contributed by atoms with Crippen molar-refractivity contribution in [2.45, 2.75) is 37.3 Å². The van der Waals surface area contributed by atoms with E-state index in [2.05, 4.69) is 24.8 Å². The number of anilines is 1. The molecule has 44 heavy (non-hydrogen) atoms. The van der Waals surface area contributed by atoms with Gasteiger partial charge in [-0.3, -0.25) is 19.3 Å². The SMILES string of the molecule is CC(C)(O/N=C(\C(=O)N[C@@H]1C(=O)N2C(C(=O)O)=C(C[N+](C)(C)CCc3cc(=O)c(O)c[nH]3)CS[C@H]12)c1nsc(N)n1)C(=O)O. The number of carbonyl (C=O) groups is 4. The third-order valence-electron chi connectivity index (χ3n) is 6.84. The number of carbonyl (C=O) groups excluding carboxylic acids is 2. The molecule has 1 fully saturated rings. The number of carboxylic acid groups (broad SMARTS) is 2. The lowest BCUT2D eigenvalue weighted by Gasteiger charge is -2.49. The molecule has 4 rings (SSSR count). The molecule has 2 aromatic rings. The molecule has 2 aliphatic heterocycles. The molecular formula is C25H31N8O9S2+. The highest BCUT2D eigenvalue weighted by Crippen LogP contribution is 2.41. The topological polar surface area (TPSA) is 250 Å². The number of likely N-dealkylation sites (N-methyl/N-ethyl adjacent to an activating group) is 1. The second-order valence-corrected chi connectivity index (χ2v) is 13.1. The predicted octanol–water partition coefficient (Wildman–Crippen LogP) is -0.844. The van der Waals surface area contributed by atoms with E-state index in [9.17, 15) is 39.3 Å². The molecule has 2 aromatic heterocycles. The number of pyridine rings is 1. The average molecular weight is 652 g/mol. The van der Waals surface area contributed by atoms with Crippen molar-refractivity contribution in [2.24, 2.45) is 5.16 Å². The van der Waals surface area contributed by atoms with Gasteiger partial charge in [-0.2, -0.15) is 9.36 Å². The number of aliphatic carboxylic acids is 2. The Morgan fingerprint density at radius 3 is 2.59 bits per heavy atom. The number of nitrogens with two attached hydrogens (primary N) is 1. The van der Waals surface area contributed by atoms with Crippen molar-refractivity contribution in [2.75, 3.05) is 38.7 Å². The largest absolute Gasteiger partial charge is 0.503 e. The van der Waals surface area contributed by atoms with Gasteiger partial charge in [0.1, 0.15) is 23.7 Å². The number of nitrogens with one attached hydrogen (secondary N) is 2. The van der Waals surface area contributed by atoms with Gasteiger partial charge in [-0.15, -0.1) is 11.8 Å². The number of fused-ring (bicyclic) bond motifs is 1. The zero-order valence-corrected chi connectivity index (χ0v) is 25.7. The van der Waals surface area contributed by atoms with Crippen LogP contribution in [0.3, 0.4) is 0 Å². The number of hydrogen-bond acceptors (Lipinski definition) is 13. The third-order valence-corrected chi connectivity index (χ3v) is 8.72. The monoisotopic (exact) mass is 651 g/mol. The molecule has 0 unspecified atom stereocenters. The van der Waals surface area contributed by atoms with E-state index in [1.165, 1.54) is 37.9 Å². The summed E-state index contributed by atoms with van der Waals surface area (Å²) in [5, 5.41) is 34.3. The van der Waals surface area contributed by atoms with Gasteiger partial charge in [-0.05, 0) is 13.8 Å². The number of carboxylic acids is 2. The Bertz CT molecular complexity index is 1630. The van der Waals surface area contributed by atoms with Crippen molar-refractivity contribution in [3.63, 3.8) is 0 Å². The minimum absolute atomic E-state index is 0.00757. The van der Waals surface area contributed by atoms with E-state index in [0.717, 1.165) is 16.4 Å². The summed E-state index contributed by atoms with van der Waals surface area (Å²) in [6.45, 7) is 3.23. The molecule has 1 saturated heterocycles. The van der Waals surface area contributed by atoms with Crippen molar-refractivity contribution >= 4 is 57.9 Å². The smallest absolute Gasteiger partial charge is 0.352 e. The molecule has 2 amide bonds. The minimum atomic E-state index is -1.80. The first-order valence-corrected chi connectivity index (χ1v) is 14.9. The third kappa shape index (κ3) is 6.84. The van der Waals surface area contributed by atoms with Gasteiger partial charge in [-0.1, -0.05) is 5.16 Å². The summed E-state index contributed by atoms with van der Waals surface area (Å²) in [5.74, 6) is -4.61. The maximum atomic E-state index is 13.2. The number of nitrogen functional groups attached to an aromatic ring is 1. The van der Waals surface area contributed by atoms with Crippen LogP contribution in [0.15, 0.2) is 33.5 Å². The summed E-state index contributed by atoms with van der Waals surface area (Å²) in [5.41, 5.74) is 3.77. The lowest BCUT2D eigenvalue weighted by molar-refractivity contribution is -0.885. The normalized spacial score (nSPS) is 18.9. The summed E-state index contributed by atoms with van der Waals surface area (Å²) in [6, 6.07) is 0.186. The molecule has 17 nitrogen and oxygen atoms in total. The van der Waals surface area contributed by atoms with Crippen LogP contribution in [0.5, 0.6) is 5.75 Å². The number of oxime groups is 1. The van der Waals surface area contributed by atoms with Crippen molar-refractivity contribution in [3.05, 3.63) is 45.3 Å². The van der Waals surface area contributed by atoms with Gasteiger partial charge < -0.3 is 40.7 Å². The van der Waals surface area contributed by atoms with Crippen molar-refractivity contribution < 1.29 is 43.8 Å². The summed E-state index contributed by atoms with van der Waals surface area (Å²) >= 11 is 2.04. The molecule has 0 saturated carbocycles. The first kappa shape index (κ1) is 32.4. The molecule has 0 bridgehead atoms. The summed E-state index contributed by atoms with van der Waals surface area (Å²) in [7, 11) is 3.77. The van der Waals surface area contributed by atoms with Crippen molar-refractivity contribution in [1.82, 2.24) is 24.6 Å². The number of H-pyrrole nitrogens is 1. The molecule has 2 atom stereocenters. The van der Waals surface area contributed by atoms with Crippen LogP contribution in [-0.2, 0) is 30.4 Å². The lowest BCUT2D eigenvalue weighted by Crippen LogP contribution is -2.71. The summed E-state index contributed by atoms with van der Waals surface area (Å²) in [6.07, 6.45) is 1.66. The van der Waals surface area contributed by atoms with Gasteiger partial charge in [0.25, 0.3) is 11.8 Å². The number of quaternary nitrogens is 1. The molecule has 0 spiro atoms. The molecule has 0 aromatic carbocycles. The highest BCUT2D eigenvalue weighted by atomic mass is 32.2. The Morgan fingerprint density at radius 2 is 2.00 bits per heavy atom. The van der Waals surface area contributed by atoms with Gasteiger partial charge in [-0.25, -0.2) is 9.59 Å². The van der Waals surface area contributed by atoms with Crippen LogP contribution in [0.1, 0.15) is 25.4 Å². The zero-order chi connectivity index (χ0) is 32.6. The Hall–Kier alpha value is -4.49. The molecule has 0 radical (unpaired) electrons. The number of nitrogens with zero attached hydrogens (tertiary/aromatic N) is 5. The van der Waals surface area contributed by atoms with Gasteiger partial charge >= 0.3 is 11.9 Å². The number of amides is 2. The van der Waals surface area contributed by atoms with Crippen LogP contribution in [0.25, 0.3) is 0 Å².